The van der Waals surface area contributed by atoms with Crippen molar-refractivity contribution in [1.82, 2.24) is 10.3 Å². The Morgan fingerprint density at radius 3 is 2.48 bits per heavy atom. The van der Waals surface area contributed by atoms with Gasteiger partial charge >= 0.3 is 0 Å². The van der Waals surface area contributed by atoms with E-state index in [4.69, 9.17) is 14.2 Å². The normalized spacial score (nSPS) is 18.8. The van der Waals surface area contributed by atoms with Crippen LogP contribution in [0.15, 0.2) is 54.7 Å². The number of amides is 1. The number of methoxy groups -OCH3 is 1. The lowest BCUT2D eigenvalue weighted by Crippen LogP contribution is -2.47. The zero-order chi connectivity index (χ0) is 23.4. The molecule has 0 unspecified atom stereocenters. The molecule has 2 aromatic carbocycles. The zero-order valence-corrected chi connectivity index (χ0v) is 19.8. The number of pyridine rings is 1. The number of nitrogens with one attached hydrogen (secondary N) is 1. The van der Waals surface area contributed by atoms with Crippen LogP contribution >= 0.6 is 0 Å². The summed E-state index contributed by atoms with van der Waals surface area (Å²) in [4.78, 5) is 17.0. The molecule has 6 heteroatoms. The average Bonchev–Trinajstić information content (AvgIpc) is 2.82. The summed E-state index contributed by atoms with van der Waals surface area (Å²) in [6.07, 6.45) is 3.06. The molecule has 0 aliphatic carbocycles. The number of ether oxygens (including phenoxy) is 3. The molecule has 33 heavy (non-hydrogen) atoms. The first-order valence-corrected chi connectivity index (χ1v) is 11.4. The Bertz CT molecular complexity index is 1100. The fourth-order valence-electron chi connectivity index (χ4n) is 3.98. The van der Waals surface area contributed by atoms with Gasteiger partial charge in [-0.1, -0.05) is 32.9 Å². The first-order chi connectivity index (χ1) is 15.8. The van der Waals surface area contributed by atoms with Crippen LogP contribution in [0, 0.1) is 0 Å². The Labute approximate surface area is 195 Å². The highest BCUT2D eigenvalue weighted by Gasteiger charge is 2.24. The van der Waals surface area contributed by atoms with Crippen LogP contribution in [0.1, 0.15) is 48.7 Å². The Morgan fingerprint density at radius 2 is 1.82 bits per heavy atom. The van der Waals surface area contributed by atoms with Crippen LogP contribution in [0.3, 0.4) is 0 Å². The number of benzene rings is 2. The third kappa shape index (κ3) is 5.70. The van der Waals surface area contributed by atoms with Crippen LogP contribution < -0.4 is 10.1 Å². The molecule has 3 aromatic rings. The Kier molecular flexibility index (Phi) is 6.96. The molecule has 0 radical (unpaired) electrons. The summed E-state index contributed by atoms with van der Waals surface area (Å²) in [7, 11) is 1.66. The van der Waals surface area contributed by atoms with Crippen LogP contribution in [-0.4, -0.2) is 43.5 Å². The van der Waals surface area contributed by atoms with Gasteiger partial charge in [-0.15, -0.1) is 0 Å². The third-order valence-electron chi connectivity index (χ3n) is 6.00. The van der Waals surface area contributed by atoms with Gasteiger partial charge in [0.1, 0.15) is 5.75 Å². The maximum absolute atomic E-state index is 12.6. The molecule has 0 bridgehead atoms. The Hall–Kier alpha value is -2.96. The quantitative estimate of drug-likeness (QED) is 0.595. The van der Waals surface area contributed by atoms with Gasteiger partial charge in [0.05, 0.1) is 31.9 Å². The summed E-state index contributed by atoms with van der Waals surface area (Å²) in [6.45, 7) is 7.33. The predicted molar refractivity (Wildman–Crippen MR) is 129 cm³/mol. The van der Waals surface area contributed by atoms with Crippen LogP contribution in [-0.2, 0) is 21.3 Å². The Balaban J connectivity index is 1.28. The molecule has 1 aliphatic heterocycles. The van der Waals surface area contributed by atoms with Crippen LogP contribution in [0.4, 0.5) is 0 Å². The predicted octanol–water partition coefficient (Wildman–Crippen LogP) is 4.65. The van der Waals surface area contributed by atoms with Gasteiger partial charge < -0.3 is 19.5 Å². The molecule has 1 N–H and O–H groups in total. The van der Waals surface area contributed by atoms with E-state index in [-0.39, 0.29) is 23.7 Å². The van der Waals surface area contributed by atoms with E-state index in [1.165, 1.54) is 11.1 Å². The number of aryl methyl sites for hydroxylation is 1. The molecule has 1 amide bonds. The minimum absolute atomic E-state index is 0.0592. The topological polar surface area (TPSA) is 69.7 Å². The molecule has 6 nitrogen and oxygen atoms in total. The van der Waals surface area contributed by atoms with Crippen molar-refractivity contribution in [2.75, 3.05) is 20.3 Å². The maximum Gasteiger partial charge on any atom is 0.251 e. The molecule has 174 valence electrons. The molecule has 0 spiro atoms. The number of hydrogen-bond donors (Lipinski definition) is 1. The molecule has 1 fully saturated rings. The number of hydrogen-bond acceptors (Lipinski definition) is 5. The van der Waals surface area contributed by atoms with E-state index in [1.54, 1.807) is 7.11 Å². The van der Waals surface area contributed by atoms with Crippen LogP contribution in [0.2, 0.25) is 0 Å². The molecule has 0 saturated carbocycles. The third-order valence-corrected chi connectivity index (χ3v) is 6.00. The van der Waals surface area contributed by atoms with E-state index in [9.17, 15) is 4.79 Å². The molecule has 0 atom stereocenters. The van der Waals surface area contributed by atoms with Gasteiger partial charge in [-0.3, -0.25) is 9.78 Å². The lowest BCUT2D eigenvalue weighted by molar-refractivity contribution is -0.190. The highest BCUT2D eigenvalue weighted by molar-refractivity contribution is 5.94. The van der Waals surface area contributed by atoms with E-state index in [0.717, 1.165) is 29.5 Å². The first kappa shape index (κ1) is 23.2. The van der Waals surface area contributed by atoms with Gasteiger partial charge in [0, 0.05) is 23.6 Å². The molecular weight excluding hydrogens is 416 g/mol. The van der Waals surface area contributed by atoms with Crippen molar-refractivity contribution < 1.29 is 19.0 Å². The van der Waals surface area contributed by atoms with Crippen molar-refractivity contribution >= 4 is 16.8 Å². The van der Waals surface area contributed by atoms with Gasteiger partial charge in [0.15, 0.2) is 6.29 Å². The van der Waals surface area contributed by atoms with Gasteiger partial charge in [0.2, 0.25) is 0 Å². The molecule has 2 heterocycles. The molecule has 4 rings (SSSR count). The van der Waals surface area contributed by atoms with Gasteiger partial charge in [0.25, 0.3) is 5.91 Å². The molecule has 1 aliphatic rings. The molecular formula is C27H32N2O4. The summed E-state index contributed by atoms with van der Waals surface area (Å²) in [5, 5.41) is 4.09. The number of aromatic nitrogens is 1. The number of rotatable bonds is 6. The van der Waals surface area contributed by atoms with Crippen molar-refractivity contribution in [2.45, 2.75) is 51.4 Å². The number of carbonyl (C=O) groups is 1. The minimum atomic E-state index is -0.293. The fourth-order valence-corrected chi connectivity index (χ4v) is 3.98. The summed E-state index contributed by atoms with van der Waals surface area (Å²) < 4.78 is 17.1. The van der Waals surface area contributed by atoms with Crippen molar-refractivity contribution in [1.29, 1.82) is 0 Å². The SMILES string of the molecule is COc1ccc2nccc(CCC3OCC(NC(=O)c4ccc(C(C)(C)C)cc4)CO3)c2c1. The van der Waals surface area contributed by atoms with E-state index in [0.29, 0.717) is 18.8 Å². The lowest BCUT2D eigenvalue weighted by atomic mass is 9.86. The van der Waals surface area contributed by atoms with Crippen molar-refractivity contribution in [2.24, 2.45) is 0 Å². The van der Waals surface area contributed by atoms with E-state index >= 15 is 0 Å². The second-order valence-corrected chi connectivity index (χ2v) is 9.49. The number of fused-ring (bicyclic) bond motifs is 1. The highest BCUT2D eigenvalue weighted by atomic mass is 16.7. The van der Waals surface area contributed by atoms with Gasteiger partial charge in [-0.25, -0.2) is 0 Å². The van der Waals surface area contributed by atoms with Crippen molar-refractivity contribution in [3.63, 3.8) is 0 Å². The summed E-state index contributed by atoms with van der Waals surface area (Å²) in [5.74, 6) is 0.705. The largest absolute Gasteiger partial charge is 0.497 e. The zero-order valence-electron chi connectivity index (χ0n) is 19.8. The minimum Gasteiger partial charge on any atom is -0.497 e. The first-order valence-electron chi connectivity index (χ1n) is 11.4. The second kappa shape index (κ2) is 9.89. The van der Waals surface area contributed by atoms with Gasteiger partial charge in [-0.05, 0) is 59.4 Å². The number of carbonyl (C=O) groups excluding carboxylic acids is 1. The highest BCUT2D eigenvalue weighted by Crippen LogP contribution is 2.25. The van der Waals surface area contributed by atoms with Crippen molar-refractivity contribution in [3.8, 4) is 5.75 Å². The summed E-state index contributed by atoms with van der Waals surface area (Å²) in [5.41, 5.74) is 4.03. The maximum atomic E-state index is 12.6. The lowest BCUT2D eigenvalue weighted by Gasteiger charge is -2.30. The average molecular weight is 449 g/mol. The summed E-state index contributed by atoms with van der Waals surface area (Å²) >= 11 is 0. The summed E-state index contributed by atoms with van der Waals surface area (Å²) in [6, 6.07) is 15.5. The van der Waals surface area contributed by atoms with Gasteiger partial charge in [-0.2, -0.15) is 0 Å². The van der Waals surface area contributed by atoms with E-state index in [2.05, 4.69) is 31.1 Å². The standard InChI is InChI=1S/C27H32N2O4/c1-27(2,3)20-8-5-19(6-9-20)26(30)29-21-16-32-25(33-17-21)12-7-18-13-14-28-24-11-10-22(31-4)15-23(18)24/h5-6,8-11,13-15,21,25H,7,12,16-17H2,1-4H3,(H,29,30). The van der Waals surface area contributed by atoms with Crippen LogP contribution in [0.5, 0.6) is 5.75 Å². The van der Waals surface area contributed by atoms with E-state index in [1.807, 2.05) is 54.7 Å². The van der Waals surface area contributed by atoms with E-state index < -0.39 is 0 Å². The van der Waals surface area contributed by atoms with Crippen LogP contribution in [0.25, 0.3) is 10.9 Å². The monoisotopic (exact) mass is 448 g/mol. The van der Waals surface area contributed by atoms with Crippen molar-refractivity contribution in [3.05, 3.63) is 71.4 Å². The fraction of sp³-hybridized carbons (Fsp3) is 0.407. The molecule has 1 saturated heterocycles. The second-order valence-electron chi connectivity index (χ2n) is 9.49. The number of nitrogens with zero attached hydrogens (tertiary/aromatic N) is 1. The molecule has 1 aromatic heterocycles. The smallest absolute Gasteiger partial charge is 0.251 e. The Morgan fingerprint density at radius 1 is 1.09 bits per heavy atom.